The Bertz CT molecular complexity index is 671. The number of methoxy groups -OCH3 is 1. The van der Waals surface area contributed by atoms with Crippen LogP contribution in [0.2, 0.25) is 0 Å². The monoisotopic (exact) mass is 421 g/mol. The van der Waals surface area contributed by atoms with Gasteiger partial charge in [0, 0.05) is 5.70 Å². The highest BCUT2D eigenvalue weighted by Crippen LogP contribution is 2.13. The number of carbonyl (C=O) groups is 1. The topological polar surface area (TPSA) is 72.5 Å². The second-order valence-corrected chi connectivity index (χ2v) is 7.61. The maximum atomic E-state index is 12.1. The van der Waals surface area contributed by atoms with Gasteiger partial charge >= 0.3 is 5.97 Å². The van der Waals surface area contributed by atoms with Crippen molar-refractivity contribution in [2.75, 3.05) is 7.11 Å². The van der Waals surface area contributed by atoms with Crippen molar-refractivity contribution in [3.8, 4) is 0 Å². The van der Waals surface area contributed by atoms with E-state index in [1.807, 2.05) is 6.92 Å². The Labute approximate surface area is 138 Å². The van der Waals surface area contributed by atoms with E-state index in [0.717, 1.165) is 3.58 Å². The van der Waals surface area contributed by atoms with Crippen LogP contribution >= 0.6 is 22.6 Å². The minimum atomic E-state index is -3.66. The maximum absolute atomic E-state index is 12.1. The fourth-order valence-electron chi connectivity index (χ4n) is 1.43. The van der Waals surface area contributed by atoms with E-state index in [-0.39, 0.29) is 4.90 Å². The van der Waals surface area contributed by atoms with E-state index < -0.39 is 16.0 Å². The predicted octanol–water partition coefficient (Wildman–Crippen LogP) is 2.99. The van der Waals surface area contributed by atoms with Gasteiger partial charge in [-0.3, -0.25) is 4.72 Å². The highest BCUT2D eigenvalue weighted by Gasteiger charge is 2.14. The minimum Gasteiger partial charge on any atom is -0.465 e. The SMILES string of the molecule is COC(=O)c1ccc(S(=O)(=O)N/C(C)=C/C=C(\C)I)cc1. The number of benzene rings is 1. The van der Waals surface area contributed by atoms with Crippen LogP contribution in [0.4, 0.5) is 0 Å². The van der Waals surface area contributed by atoms with Gasteiger partial charge in [-0.05, 0) is 70.4 Å². The molecule has 7 heteroatoms. The summed E-state index contributed by atoms with van der Waals surface area (Å²) < 4.78 is 32.4. The number of allylic oxidation sites excluding steroid dienone is 4. The number of carbonyl (C=O) groups excluding carboxylic acids is 1. The largest absolute Gasteiger partial charge is 0.465 e. The van der Waals surface area contributed by atoms with Crippen LogP contribution in [0.25, 0.3) is 0 Å². The summed E-state index contributed by atoms with van der Waals surface area (Å²) >= 11 is 2.13. The molecule has 5 nitrogen and oxygen atoms in total. The van der Waals surface area contributed by atoms with Crippen molar-refractivity contribution in [2.45, 2.75) is 18.7 Å². The van der Waals surface area contributed by atoms with Crippen LogP contribution in [0.15, 0.2) is 50.6 Å². The van der Waals surface area contributed by atoms with Gasteiger partial charge in [0.05, 0.1) is 17.6 Å². The number of ether oxygens (including phenoxy) is 1. The van der Waals surface area contributed by atoms with Gasteiger partial charge in [0.25, 0.3) is 10.0 Å². The summed E-state index contributed by atoms with van der Waals surface area (Å²) in [6.45, 7) is 3.57. The summed E-state index contributed by atoms with van der Waals surface area (Å²) in [5.74, 6) is -0.509. The molecule has 0 aliphatic heterocycles. The van der Waals surface area contributed by atoms with Gasteiger partial charge in [0.15, 0.2) is 0 Å². The van der Waals surface area contributed by atoms with E-state index in [1.54, 1.807) is 19.1 Å². The molecule has 0 aliphatic rings. The molecule has 0 saturated heterocycles. The van der Waals surface area contributed by atoms with Crippen LogP contribution in [-0.2, 0) is 14.8 Å². The second-order valence-electron chi connectivity index (χ2n) is 4.22. The van der Waals surface area contributed by atoms with E-state index >= 15 is 0 Å². The van der Waals surface area contributed by atoms with E-state index in [4.69, 9.17) is 0 Å². The first-order chi connectivity index (χ1) is 9.76. The Kier molecular flexibility index (Phi) is 6.41. The summed E-state index contributed by atoms with van der Waals surface area (Å²) in [4.78, 5) is 11.4. The average molecular weight is 421 g/mol. The third-order valence-electron chi connectivity index (χ3n) is 2.44. The molecule has 1 aromatic carbocycles. The summed E-state index contributed by atoms with van der Waals surface area (Å²) in [6.07, 6.45) is 3.49. The van der Waals surface area contributed by atoms with Crippen LogP contribution in [0.3, 0.4) is 0 Å². The number of esters is 1. The van der Waals surface area contributed by atoms with Gasteiger partial charge in [0.2, 0.25) is 0 Å². The molecular formula is C14H16INO4S. The van der Waals surface area contributed by atoms with Gasteiger partial charge < -0.3 is 4.74 Å². The van der Waals surface area contributed by atoms with Crippen molar-refractivity contribution >= 4 is 38.6 Å². The fraction of sp³-hybridized carbons (Fsp3) is 0.214. The molecule has 0 radical (unpaired) electrons. The third-order valence-corrected chi connectivity index (χ3v) is 4.29. The van der Waals surface area contributed by atoms with Crippen LogP contribution < -0.4 is 4.72 Å². The molecule has 0 amide bonds. The van der Waals surface area contributed by atoms with E-state index in [9.17, 15) is 13.2 Å². The zero-order chi connectivity index (χ0) is 16.0. The summed E-state index contributed by atoms with van der Waals surface area (Å²) in [5.41, 5.74) is 0.801. The van der Waals surface area contributed by atoms with E-state index in [0.29, 0.717) is 11.3 Å². The average Bonchev–Trinajstić information content (AvgIpc) is 2.44. The zero-order valence-electron chi connectivity index (χ0n) is 11.9. The minimum absolute atomic E-state index is 0.0816. The van der Waals surface area contributed by atoms with Crippen LogP contribution in [0.5, 0.6) is 0 Å². The fourth-order valence-corrected chi connectivity index (χ4v) is 2.72. The number of halogens is 1. The number of hydrogen-bond acceptors (Lipinski definition) is 4. The second kappa shape index (κ2) is 7.60. The highest BCUT2D eigenvalue weighted by molar-refractivity contribution is 14.1. The Hall–Kier alpha value is -1.35. The molecule has 0 spiro atoms. The molecule has 114 valence electrons. The lowest BCUT2D eigenvalue weighted by Crippen LogP contribution is -2.21. The molecule has 21 heavy (non-hydrogen) atoms. The highest BCUT2D eigenvalue weighted by atomic mass is 127. The molecule has 0 bridgehead atoms. The van der Waals surface area contributed by atoms with Gasteiger partial charge in [0.1, 0.15) is 0 Å². The molecule has 0 saturated carbocycles. The number of sulfonamides is 1. The van der Waals surface area contributed by atoms with Crippen molar-refractivity contribution in [3.05, 3.63) is 51.3 Å². The Balaban J connectivity index is 2.96. The molecule has 0 unspecified atom stereocenters. The lowest BCUT2D eigenvalue weighted by molar-refractivity contribution is 0.0600. The van der Waals surface area contributed by atoms with Crippen molar-refractivity contribution in [3.63, 3.8) is 0 Å². The summed E-state index contributed by atoms with van der Waals surface area (Å²) in [5, 5.41) is 0. The predicted molar refractivity (Wildman–Crippen MR) is 89.6 cm³/mol. The van der Waals surface area contributed by atoms with Crippen LogP contribution in [0.1, 0.15) is 24.2 Å². The van der Waals surface area contributed by atoms with E-state index in [2.05, 4.69) is 32.0 Å². The lowest BCUT2D eigenvalue weighted by atomic mass is 10.2. The Morgan fingerprint density at radius 1 is 1.19 bits per heavy atom. The van der Waals surface area contributed by atoms with Gasteiger partial charge in [-0.15, -0.1) is 0 Å². The van der Waals surface area contributed by atoms with E-state index in [1.165, 1.54) is 31.4 Å². The molecule has 0 fully saturated rings. The standard InChI is InChI=1S/C14H16INO4S/c1-10(15)4-5-11(2)16-21(18,19)13-8-6-12(7-9-13)14(17)20-3/h4-9,16H,1-3H3/b10-4+,11-5+. The summed E-state index contributed by atoms with van der Waals surface area (Å²) in [6, 6.07) is 5.55. The van der Waals surface area contributed by atoms with Crippen molar-refractivity contribution in [2.24, 2.45) is 0 Å². The lowest BCUT2D eigenvalue weighted by Gasteiger charge is -2.08. The Morgan fingerprint density at radius 3 is 2.24 bits per heavy atom. The normalized spacial score (nSPS) is 13.0. The molecule has 0 aromatic heterocycles. The van der Waals surface area contributed by atoms with Gasteiger partial charge in [-0.1, -0.05) is 6.08 Å². The molecule has 1 rings (SSSR count). The first kappa shape index (κ1) is 17.7. The smallest absolute Gasteiger partial charge is 0.337 e. The first-order valence-electron chi connectivity index (χ1n) is 5.98. The number of rotatable bonds is 5. The Morgan fingerprint density at radius 2 is 1.76 bits per heavy atom. The quantitative estimate of drug-likeness (QED) is 0.451. The molecule has 1 aromatic rings. The van der Waals surface area contributed by atoms with Crippen LogP contribution in [0, 0.1) is 0 Å². The third kappa shape index (κ3) is 5.50. The molecule has 1 N–H and O–H groups in total. The van der Waals surface area contributed by atoms with Crippen molar-refractivity contribution in [1.82, 2.24) is 4.72 Å². The van der Waals surface area contributed by atoms with Crippen molar-refractivity contribution < 1.29 is 17.9 Å². The molecule has 0 aliphatic carbocycles. The molecular weight excluding hydrogens is 405 g/mol. The van der Waals surface area contributed by atoms with Gasteiger partial charge in [-0.25, -0.2) is 13.2 Å². The summed E-state index contributed by atoms with van der Waals surface area (Å²) in [7, 11) is -2.39. The zero-order valence-corrected chi connectivity index (χ0v) is 14.9. The number of hydrogen-bond donors (Lipinski definition) is 1. The van der Waals surface area contributed by atoms with Gasteiger partial charge in [-0.2, -0.15) is 0 Å². The number of nitrogens with one attached hydrogen (secondary N) is 1. The molecule has 0 atom stereocenters. The first-order valence-corrected chi connectivity index (χ1v) is 8.54. The van der Waals surface area contributed by atoms with Crippen LogP contribution in [-0.4, -0.2) is 21.5 Å². The molecule has 0 heterocycles. The maximum Gasteiger partial charge on any atom is 0.337 e. The van der Waals surface area contributed by atoms with Crippen molar-refractivity contribution in [1.29, 1.82) is 0 Å².